The molecule has 64 heavy (non-hydrogen) atoms. The molecule has 0 saturated carbocycles. The highest BCUT2D eigenvalue weighted by atomic mass is 32.1. The van der Waals surface area contributed by atoms with Gasteiger partial charge in [0.25, 0.3) is 0 Å². The van der Waals surface area contributed by atoms with Crippen molar-refractivity contribution in [3.05, 3.63) is 175 Å². The lowest BCUT2D eigenvalue weighted by atomic mass is 9.45. The van der Waals surface area contributed by atoms with Gasteiger partial charge in [0.2, 0.25) is 0 Å². The van der Waals surface area contributed by atoms with Crippen molar-refractivity contribution in [1.29, 1.82) is 0 Å². The van der Waals surface area contributed by atoms with Gasteiger partial charge in [-0.05, 0) is 99.7 Å². The molecule has 308 valence electrons. The molecule has 0 amide bonds. The number of anilines is 5. The summed E-state index contributed by atoms with van der Waals surface area (Å²) in [5, 5.41) is 5.85. The van der Waals surface area contributed by atoms with Crippen molar-refractivity contribution in [2.24, 2.45) is 0 Å². The largest absolute Gasteiger partial charge is 0.466 e. The van der Waals surface area contributed by atoms with Crippen molar-refractivity contribution in [3.8, 4) is 22.3 Å². The topological polar surface area (TPSA) is 32.8 Å². The molecule has 6 heteroatoms. The van der Waals surface area contributed by atoms with E-state index in [9.17, 15) is 0 Å². The summed E-state index contributed by atoms with van der Waals surface area (Å²) < 4.78 is 16.7. The highest BCUT2D eigenvalue weighted by Crippen LogP contribution is 2.56. The molecule has 0 N–H and O–H groups in total. The molecular weight excluding hydrogens is 800 g/mol. The average molecular weight is 845 g/mol. The second kappa shape index (κ2) is 13.3. The summed E-state index contributed by atoms with van der Waals surface area (Å²) in [5.41, 5.74) is 17.7. The number of nitrogens with zero attached hydrogens (tertiary/aromatic N) is 2. The van der Waals surface area contributed by atoms with Gasteiger partial charge in [0.05, 0.1) is 11.4 Å². The van der Waals surface area contributed by atoms with Gasteiger partial charge in [0.15, 0.2) is 0 Å². The maximum atomic E-state index is 7.38. The molecule has 0 atom stereocenters. The Morgan fingerprint density at radius 2 is 1.14 bits per heavy atom. The molecule has 0 spiro atoms. The smallest absolute Gasteiger partial charge is 0.376 e. The summed E-state index contributed by atoms with van der Waals surface area (Å²) >= 11 is 1.89. The number of rotatable bonds is 3. The van der Waals surface area contributed by atoms with Crippen LogP contribution in [0.2, 0.25) is 0 Å². The molecule has 0 unspecified atom stereocenters. The van der Waals surface area contributed by atoms with E-state index in [-0.39, 0.29) is 17.7 Å². The Morgan fingerprint density at radius 3 is 1.89 bits per heavy atom. The number of benzene rings is 8. The van der Waals surface area contributed by atoms with Gasteiger partial charge in [-0.15, -0.1) is 11.3 Å². The van der Waals surface area contributed by atoms with Gasteiger partial charge in [0.1, 0.15) is 22.4 Å². The van der Waals surface area contributed by atoms with Crippen LogP contribution in [0.15, 0.2) is 173 Å². The fourth-order valence-corrected chi connectivity index (χ4v) is 11.9. The van der Waals surface area contributed by atoms with Gasteiger partial charge in [-0.25, -0.2) is 0 Å². The molecule has 0 aliphatic carbocycles. The molecule has 0 bridgehead atoms. The molecule has 0 fully saturated rings. The molecule has 5 heterocycles. The third-order valence-corrected chi connectivity index (χ3v) is 15.0. The normalized spacial score (nSPS) is 13.7. The Balaban J connectivity index is 1.24. The van der Waals surface area contributed by atoms with Crippen LogP contribution in [0.3, 0.4) is 0 Å². The maximum Gasteiger partial charge on any atom is 0.376 e. The number of hydrogen-bond donors (Lipinski definition) is 0. The van der Waals surface area contributed by atoms with E-state index in [2.05, 4.69) is 215 Å². The Hall–Kier alpha value is -7.02. The molecule has 4 nitrogen and oxygen atoms in total. The van der Waals surface area contributed by atoms with E-state index in [1.54, 1.807) is 0 Å². The minimum absolute atomic E-state index is 0.00298. The van der Waals surface area contributed by atoms with E-state index < -0.39 is 0 Å². The van der Waals surface area contributed by atoms with E-state index in [0.717, 1.165) is 67.0 Å². The van der Waals surface area contributed by atoms with E-state index in [0.29, 0.717) is 0 Å². The Morgan fingerprint density at radius 1 is 0.500 bits per heavy atom. The van der Waals surface area contributed by atoms with Crippen molar-refractivity contribution in [2.45, 2.75) is 52.4 Å². The summed E-state index contributed by atoms with van der Waals surface area (Å²) in [5.74, 6) is 0. The van der Waals surface area contributed by atoms with Gasteiger partial charge in [-0.3, -0.25) is 0 Å². The van der Waals surface area contributed by atoms with Gasteiger partial charge in [-0.2, -0.15) is 0 Å². The molecule has 11 aromatic rings. The summed E-state index contributed by atoms with van der Waals surface area (Å²) in [7, 11) is 0. The van der Waals surface area contributed by atoms with Crippen LogP contribution in [0, 0.1) is 0 Å². The lowest BCUT2D eigenvalue weighted by Gasteiger charge is -2.44. The summed E-state index contributed by atoms with van der Waals surface area (Å²) in [6.45, 7) is 13.5. The van der Waals surface area contributed by atoms with Crippen LogP contribution < -0.4 is 20.8 Å². The second-order valence-corrected chi connectivity index (χ2v) is 20.7. The predicted molar refractivity (Wildman–Crippen MR) is 273 cm³/mol. The Labute approximate surface area is 377 Å². The Kier molecular flexibility index (Phi) is 7.78. The fourth-order valence-electron chi connectivity index (χ4n) is 10.6. The number of furan rings is 2. The van der Waals surface area contributed by atoms with Crippen molar-refractivity contribution in [2.75, 3.05) is 9.71 Å². The summed E-state index contributed by atoms with van der Waals surface area (Å²) in [6.07, 6.45) is 0. The monoisotopic (exact) mass is 844 g/mol. The van der Waals surface area contributed by atoms with Crippen LogP contribution in [0.4, 0.5) is 28.4 Å². The average Bonchev–Trinajstić information content (AvgIpc) is 4.00. The van der Waals surface area contributed by atoms with Gasteiger partial charge in [-0.1, -0.05) is 139 Å². The lowest BCUT2D eigenvalue weighted by molar-refractivity contribution is 0.590. The van der Waals surface area contributed by atoms with Crippen LogP contribution >= 0.6 is 11.3 Å². The standard InChI is InChI=1S/C58H45BN2O2S/c1-57(2,3)35-24-27-37(28-25-35)61-44-30-31-48-50(39-19-10-13-21-46(39)62-48)51(44)52-53-45(33-42-38-18-12-15-23-49(38)64-55(42)52)60(54-40-20-11-14-22-47(40)63-56(54)59(53)61)43-29-26-36(58(4,5)6)32-41(43)34-16-8-7-9-17-34/h7-33H,1-6H3. The molecule has 2 aliphatic rings. The number of fused-ring (bicyclic) bond motifs is 14. The first-order valence-electron chi connectivity index (χ1n) is 22.4. The lowest BCUT2D eigenvalue weighted by Crippen LogP contribution is -2.61. The SMILES string of the molecule is CC(C)(C)c1ccc(N2B3c4oc5ccccc5c4N(c4ccc(C(C)(C)C)cc4-c4ccccc4)c4cc5c(sc6ccccc65)c(c43)-c3c2ccc2oc4ccccc4c32)cc1. The molecule has 0 saturated heterocycles. The van der Waals surface area contributed by atoms with Crippen molar-refractivity contribution >= 4 is 111 Å². The summed E-state index contributed by atoms with van der Waals surface area (Å²) in [4.78, 5) is 5.12. The highest BCUT2D eigenvalue weighted by molar-refractivity contribution is 7.26. The van der Waals surface area contributed by atoms with Gasteiger partial charge in [0, 0.05) is 70.1 Å². The van der Waals surface area contributed by atoms with E-state index in [4.69, 9.17) is 8.83 Å². The number of para-hydroxylation sites is 2. The minimum Gasteiger partial charge on any atom is -0.466 e. The fraction of sp³-hybridized carbons (Fsp3) is 0.138. The minimum atomic E-state index is -0.295. The first-order valence-corrected chi connectivity index (χ1v) is 23.2. The molecular formula is C58H45BN2O2S. The molecule has 8 aromatic carbocycles. The third-order valence-electron chi connectivity index (χ3n) is 13.8. The van der Waals surface area contributed by atoms with Crippen LogP contribution in [-0.2, 0) is 10.8 Å². The van der Waals surface area contributed by atoms with E-state index in [1.807, 2.05) is 11.3 Å². The van der Waals surface area contributed by atoms with Crippen molar-refractivity contribution in [1.82, 2.24) is 0 Å². The highest BCUT2D eigenvalue weighted by Gasteiger charge is 2.50. The van der Waals surface area contributed by atoms with Crippen LogP contribution in [-0.4, -0.2) is 6.85 Å². The molecule has 2 aliphatic heterocycles. The van der Waals surface area contributed by atoms with E-state index in [1.165, 1.54) is 59.0 Å². The maximum absolute atomic E-state index is 7.38. The molecule has 13 rings (SSSR count). The number of hydrogen-bond acceptors (Lipinski definition) is 5. The first kappa shape index (κ1) is 37.5. The van der Waals surface area contributed by atoms with Crippen LogP contribution in [0.1, 0.15) is 52.7 Å². The quantitative estimate of drug-likeness (QED) is 0.166. The van der Waals surface area contributed by atoms with Crippen LogP contribution in [0.25, 0.3) is 75.3 Å². The second-order valence-electron chi connectivity index (χ2n) is 19.7. The van der Waals surface area contributed by atoms with Crippen molar-refractivity contribution in [3.63, 3.8) is 0 Å². The van der Waals surface area contributed by atoms with Crippen molar-refractivity contribution < 1.29 is 8.83 Å². The van der Waals surface area contributed by atoms with Crippen LogP contribution in [0.5, 0.6) is 0 Å². The Bertz CT molecular complexity index is 3710. The zero-order chi connectivity index (χ0) is 43.2. The molecule has 0 radical (unpaired) electrons. The third kappa shape index (κ3) is 5.29. The zero-order valence-corrected chi connectivity index (χ0v) is 37.6. The van der Waals surface area contributed by atoms with E-state index >= 15 is 0 Å². The predicted octanol–water partition coefficient (Wildman–Crippen LogP) is 15.7. The van der Waals surface area contributed by atoms with Gasteiger partial charge < -0.3 is 18.5 Å². The summed E-state index contributed by atoms with van der Waals surface area (Å²) in [6, 6.07) is 60.3. The first-order chi connectivity index (χ1) is 31.0. The number of thiophene rings is 1. The van der Waals surface area contributed by atoms with Gasteiger partial charge >= 0.3 is 6.85 Å². The zero-order valence-electron chi connectivity index (χ0n) is 36.8. The molecule has 3 aromatic heterocycles.